The molecule has 2 N–H and O–H groups in total. The molecule has 6 heteroatoms. The van der Waals surface area contributed by atoms with Gasteiger partial charge in [0.05, 0.1) is 19.3 Å². The van der Waals surface area contributed by atoms with Crippen LogP contribution in [-0.4, -0.2) is 61.7 Å². The Kier molecular flexibility index (Phi) is 4.92. The Morgan fingerprint density at radius 1 is 1.65 bits per heavy atom. The fourth-order valence-electron chi connectivity index (χ4n) is 2.47. The first-order valence-electron chi connectivity index (χ1n) is 6.80. The molecule has 1 saturated heterocycles. The second-order valence-corrected chi connectivity index (χ2v) is 5.26. The summed E-state index contributed by atoms with van der Waals surface area (Å²) < 4.78 is 5.76. The highest BCUT2D eigenvalue weighted by molar-refractivity contribution is 5.75. The van der Waals surface area contributed by atoms with E-state index in [0.29, 0.717) is 13.2 Å². The normalized spacial score (nSPS) is 19.4. The van der Waals surface area contributed by atoms with Gasteiger partial charge in [0.1, 0.15) is 0 Å². The Labute approximate surface area is 119 Å². The van der Waals surface area contributed by atoms with Gasteiger partial charge in [-0.25, -0.2) is 0 Å². The predicted octanol–water partition coefficient (Wildman–Crippen LogP) is 0.0123. The number of carbonyl (C=O) groups excluding carboxylic acids is 1. The zero-order valence-corrected chi connectivity index (χ0v) is 12.1. The first-order valence-corrected chi connectivity index (χ1v) is 6.80. The third-order valence-electron chi connectivity index (χ3n) is 3.33. The van der Waals surface area contributed by atoms with E-state index in [1.54, 1.807) is 0 Å². The maximum absolute atomic E-state index is 10.9. The molecule has 0 spiro atoms. The Bertz CT molecular complexity index is 466. The SMILES string of the molecule is Cc1cc(N2CCOC(CN(C)CC(N)=O)C2)ccn1. The standard InChI is InChI=1S/C14H22N4O2/c1-11-7-12(3-4-16-11)18-5-6-20-13(9-18)8-17(2)10-14(15)19/h3-4,7,13H,5-6,8-10H2,1-2H3,(H2,15,19). The number of anilines is 1. The number of ether oxygens (including phenoxy) is 1. The molecule has 1 aromatic rings. The van der Waals surface area contributed by atoms with Crippen molar-refractivity contribution in [3.63, 3.8) is 0 Å². The minimum absolute atomic E-state index is 0.0848. The number of hydrogen-bond donors (Lipinski definition) is 1. The van der Waals surface area contributed by atoms with Crippen molar-refractivity contribution in [2.24, 2.45) is 5.73 Å². The lowest BCUT2D eigenvalue weighted by atomic mass is 10.2. The van der Waals surface area contributed by atoms with Crippen LogP contribution in [0.4, 0.5) is 5.69 Å². The molecule has 1 aromatic heterocycles. The van der Waals surface area contributed by atoms with Crippen molar-refractivity contribution < 1.29 is 9.53 Å². The highest BCUT2D eigenvalue weighted by Gasteiger charge is 2.22. The van der Waals surface area contributed by atoms with E-state index in [1.807, 2.05) is 31.1 Å². The van der Waals surface area contributed by atoms with Crippen LogP contribution in [0, 0.1) is 6.92 Å². The van der Waals surface area contributed by atoms with Crippen molar-refractivity contribution in [1.29, 1.82) is 0 Å². The number of primary amides is 1. The molecular weight excluding hydrogens is 256 g/mol. The van der Waals surface area contributed by atoms with E-state index in [-0.39, 0.29) is 18.6 Å². The summed E-state index contributed by atoms with van der Waals surface area (Å²) in [5.41, 5.74) is 7.38. The summed E-state index contributed by atoms with van der Waals surface area (Å²) >= 11 is 0. The predicted molar refractivity (Wildman–Crippen MR) is 77.6 cm³/mol. The van der Waals surface area contributed by atoms with Crippen molar-refractivity contribution in [2.75, 3.05) is 44.7 Å². The maximum atomic E-state index is 10.9. The number of aryl methyl sites for hydroxylation is 1. The van der Waals surface area contributed by atoms with Crippen LogP contribution in [0.2, 0.25) is 0 Å². The van der Waals surface area contributed by atoms with Crippen molar-refractivity contribution >= 4 is 11.6 Å². The number of likely N-dealkylation sites (N-methyl/N-ethyl adjacent to an activating group) is 1. The Balaban J connectivity index is 1.93. The van der Waals surface area contributed by atoms with Crippen LogP contribution in [0.15, 0.2) is 18.3 Å². The van der Waals surface area contributed by atoms with Gasteiger partial charge in [0, 0.05) is 37.2 Å². The smallest absolute Gasteiger partial charge is 0.231 e. The molecule has 6 nitrogen and oxygen atoms in total. The van der Waals surface area contributed by atoms with Crippen LogP contribution in [-0.2, 0) is 9.53 Å². The highest BCUT2D eigenvalue weighted by Crippen LogP contribution is 2.18. The number of nitrogens with two attached hydrogens (primary N) is 1. The van der Waals surface area contributed by atoms with Crippen LogP contribution in [0.1, 0.15) is 5.69 Å². The van der Waals surface area contributed by atoms with E-state index in [4.69, 9.17) is 10.5 Å². The second kappa shape index (κ2) is 6.67. The lowest BCUT2D eigenvalue weighted by Gasteiger charge is -2.36. The lowest BCUT2D eigenvalue weighted by Crippen LogP contribution is -2.48. The molecule has 0 bridgehead atoms. The van der Waals surface area contributed by atoms with Gasteiger partial charge in [-0.3, -0.25) is 14.7 Å². The number of amides is 1. The molecule has 2 heterocycles. The molecule has 20 heavy (non-hydrogen) atoms. The number of carbonyl (C=O) groups is 1. The largest absolute Gasteiger partial charge is 0.373 e. The van der Waals surface area contributed by atoms with Gasteiger partial charge < -0.3 is 15.4 Å². The molecule has 1 aliphatic rings. The van der Waals surface area contributed by atoms with Crippen LogP contribution in [0.25, 0.3) is 0 Å². The fourth-order valence-corrected chi connectivity index (χ4v) is 2.47. The van der Waals surface area contributed by atoms with Gasteiger partial charge >= 0.3 is 0 Å². The van der Waals surface area contributed by atoms with Crippen molar-refractivity contribution in [1.82, 2.24) is 9.88 Å². The summed E-state index contributed by atoms with van der Waals surface area (Å²) in [6.45, 7) is 5.32. The van der Waals surface area contributed by atoms with Crippen LogP contribution >= 0.6 is 0 Å². The zero-order chi connectivity index (χ0) is 14.5. The highest BCUT2D eigenvalue weighted by atomic mass is 16.5. The van der Waals surface area contributed by atoms with Gasteiger partial charge in [-0.1, -0.05) is 0 Å². The van der Waals surface area contributed by atoms with Crippen molar-refractivity contribution in [2.45, 2.75) is 13.0 Å². The zero-order valence-electron chi connectivity index (χ0n) is 12.1. The molecule has 1 aliphatic heterocycles. The summed E-state index contributed by atoms with van der Waals surface area (Å²) in [5, 5.41) is 0. The molecule has 1 fully saturated rings. The van der Waals surface area contributed by atoms with Gasteiger partial charge in [-0.05, 0) is 26.1 Å². The van der Waals surface area contributed by atoms with E-state index in [1.165, 1.54) is 5.69 Å². The first-order chi connectivity index (χ1) is 9.54. The minimum Gasteiger partial charge on any atom is -0.373 e. The molecule has 0 radical (unpaired) electrons. The average molecular weight is 278 g/mol. The Hall–Kier alpha value is -1.66. The molecule has 0 saturated carbocycles. The van der Waals surface area contributed by atoms with Gasteiger partial charge in [0.25, 0.3) is 0 Å². The van der Waals surface area contributed by atoms with E-state index >= 15 is 0 Å². The summed E-state index contributed by atoms with van der Waals surface area (Å²) in [7, 11) is 1.88. The fraction of sp³-hybridized carbons (Fsp3) is 0.571. The number of rotatable bonds is 5. The second-order valence-electron chi connectivity index (χ2n) is 5.26. The van der Waals surface area contributed by atoms with Gasteiger partial charge in [-0.15, -0.1) is 0 Å². The minimum atomic E-state index is -0.315. The monoisotopic (exact) mass is 278 g/mol. The third-order valence-corrected chi connectivity index (χ3v) is 3.33. The molecule has 2 rings (SSSR count). The molecule has 1 atom stereocenters. The summed E-state index contributed by atoms with van der Waals surface area (Å²) in [6.07, 6.45) is 1.91. The maximum Gasteiger partial charge on any atom is 0.231 e. The van der Waals surface area contributed by atoms with Gasteiger partial charge in [-0.2, -0.15) is 0 Å². The third kappa shape index (κ3) is 4.18. The lowest BCUT2D eigenvalue weighted by molar-refractivity contribution is -0.119. The molecule has 1 unspecified atom stereocenters. The van der Waals surface area contributed by atoms with E-state index in [0.717, 1.165) is 18.8 Å². The Morgan fingerprint density at radius 3 is 3.15 bits per heavy atom. The number of pyridine rings is 1. The number of nitrogens with zero attached hydrogens (tertiary/aromatic N) is 3. The van der Waals surface area contributed by atoms with Crippen molar-refractivity contribution in [3.8, 4) is 0 Å². The summed E-state index contributed by atoms with van der Waals surface area (Å²) in [6, 6.07) is 4.10. The van der Waals surface area contributed by atoms with E-state index in [9.17, 15) is 4.79 Å². The number of hydrogen-bond acceptors (Lipinski definition) is 5. The van der Waals surface area contributed by atoms with Crippen LogP contribution < -0.4 is 10.6 Å². The van der Waals surface area contributed by atoms with Crippen LogP contribution in [0.5, 0.6) is 0 Å². The molecule has 110 valence electrons. The van der Waals surface area contributed by atoms with Gasteiger partial charge in [0.15, 0.2) is 0 Å². The Morgan fingerprint density at radius 2 is 2.45 bits per heavy atom. The van der Waals surface area contributed by atoms with Gasteiger partial charge in [0.2, 0.25) is 5.91 Å². The topological polar surface area (TPSA) is 71.7 Å². The van der Waals surface area contributed by atoms with E-state index < -0.39 is 0 Å². The first kappa shape index (κ1) is 14.7. The average Bonchev–Trinajstić information content (AvgIpc) is 2.38. The number of aromatic nitrogens is 1. The molecular formula is C14H22N4O2. The van der Waals surface area contributed by atoms with Crippen molar-refractivity contribution in [3.05, 3.63) is 24.0 Å². The summed E-state index contributed by atoms with van der Waals surface area (Å²) in [5.74, 6) is -0.315. The summed E-state index contributed by atoms with van der Waals surface area (Å²) in [4.78, 5) is 19.3. The van der Waals surface area contributed by atoms with E-state index in [2.05, 4.69) is 16.0 Å². The number of morpholine rings is 1. The molecule has 1 amide bonds. The molecule has 0 aromatic carbocycles. The van der Waals surface area contributed by atoms with Crippen LogP contribution in [0.3, 0.4) is 0 Å². The molecule has 0 aliphatic carbocycles. The quantitative estimate of drug-likeness (QED) is 0.821.